The van der Waals surface area contributed by atoms with E-state index in [1.54, 1.807) is 11.3 Å². The third-order valence-corrected chi connectivity index (χ3v) is 4.19. The summed E-state index contributed by atoms with van der Waals surface area (Å²) in [6.45, 7) is 1.62. The molecule has 0 aliphatic carbocycles. The van der Waals surface area contributed by atoms with Crippen LogP contribution in [0.3, 0.4) is 0 Å². The Labute approximate surface area is 121 Å². The summed E-state index contributed by atoms with van der Waals surface area (Å²) in [6.07, 6.45) is 0.906. The van der Waals surface area contributed by atoms with E-state index >= 15 is 0 Å². The van der Waals surface area contributed by atoms with Crippen LogP contribution in [0.4, 0.5) is 5.69 Å². The van der Waals surface area contributed by atoms with Crippen molar-refractivity contribution in [3.63, 3.8) is 0 Å². The molecule has 1 aromatic heterocycles. The SMILES string of the molecule is CN(Cc1cccs1)c1ccc(Br)cc1CCN. The first-order valence-electron chi connectivity index (χ1n) is 5.92. The maximum atomic E-state index is 5.68. The van der Waals surface area contributed by atoms with Crippen LogP contribution >= 0.6 is 27.3 Å². The van der Waals surface area contributed by atoms with Crippen molar-refractivity contribution in [2.45, 2.75) is 13.0 Å². The van der Waals surface area contributed by atoms with Crippen LogP contribution in [0.15, 0.2) is 40.2 Å². The maximum Gasteiger partial charge on any atom is 0.0519 e. The van der Waals surface area contributed by atoms with Crippen molar-refractivity contribution in [1.29, 1.82) is 0 Å². The van der Waals surface area contributed by atoms with Crippen molar-refractivity contribution < 1.29 is 0 Å². The Bertz CT molecular complexity index is 497. The molecule has 0 bridgehead atoms. The van der Waals surface area contributed by atoms with Gasteiger partial charge in [-0.05, 0) is 48.2 Å². The minimum atomic E-state index is 0.677. The van der Waals surface area contributed by atoms with Crippen LogP contribution in [0, 0.1) is 0 Å². The number of nitrogens with two attached hydrogens (primary N) is 1. The molecule has 0 saturated heterocycles. The van der Waals surface area contributed by atoms with Crippen LogP contribution in [0.5, 0.6) is 0 Å². The van der Waals surface area contributed by atoms with Gasteiger partial charge in [-0.25, -0.2) is 0 Å². The van der Waals surface area contributed by atoms with Crippen molar-refractivity contribution >= 4 is 33.0 Å². The van der Waals surface area contributed by atoms with E-state index in [2.05, 4.69) is 63.6 Å². The molecule has 1 heterocycles. The zero-order valence-electron chi connectivity index (χ0n) is 10.4. The van der Waals surface area contributed by atoms with Crippen molar-refractivity contribution in [3.8, 4) is 0 Å². The highest BCUT2D eigenvalue weighted by Crippen LogP contribution is 2.26. The monoisotopic (exact) mass is 324 g/mol. The molecule has 18 heavy (non-hydrogen) atoms. The van der Waals surface area contributed by atoms with Crippen LogP contribution in [0.1, 0.15) is 10.4 Å². The maximum absolute atomic E-state index is 5.68. The molecule has 0 spiro atoms. The summed E-state index contributed by atoms with van der Waals surface area (Å²) in [7, 11) is 2.13. The first kappa shape index (κ1) is 13.6. The molecule has 0 aliphatic rings. The summed E-state index contributed by atoms with van der Waals surface area (Å²) in [4.78, 5) is 3.66. The van der Waals surface area contributed by atoms with Gasteiger partial charge in [0.05, 0.1) is 6.54 Å². The van der Waals surface area contributed by atoms with E-state index in [4.69, 9.17) is 5.73 Å². The molecule has 0 atom stereocenters. The standard InChI is InChI=1S/C14H17BrN2S/c1-17(10-13-3-2-8-18-13)14-5-4-12(15)9-11(14)6-7-16/h2-5,8-9H,6-7,10,16H2,1H3. The Morgan fingerprint density at radius 2 is 2.17 bits per heavy atom. The molecule has 2 rings (SSSR count). The number of thiophene rings is 1. The molecule has 2 nitrogen and oxygen atoms in total. The number of hydrogen-bond acceptors (Lipinski definition) is 3. The number of benzene rings is 1. The van der Waals surface area contributed by atoms with E-state index in [-0.39, 0.29) is 0 Å². The Kier molecular flexibility index (Phi) is 4.80. The lowest BCUT2D eigenvalue weighted by Crippen LogP contribution is -2.18. The summed E-state index contributed by atoms with van der Waals surface area (Å²) in [5.74, 6) is 0. The smallest absolute Gasteiger partial charge is 0.0519 e. The summed E-state index contributed by atoms with van der Waals surface area (Å²) < 4.78 is 1.11. The summed E-state index contributed by atoms with van der Waals surface area (Å²) in [5.41, 5.74) is 8.24. The second-order valence-corrected chi connectivity index (χ2v) is 6.20. The van der Waals surface area contributed by atoms with Crippen molar-refractivity contribution in [2.75, 3.05) is 18.5 Å². The lowest BCUT2D eigenvalue weighted by atomic mass is 10.1. The largest absolute Gasteiger partial charge is 0.369 e. The number of anilines is 1. The third-order valence-electron chi connectivity index (χ3n) is 2.84. The first-order chi connectivity index (χ1) is 8.70. The predicted octanol–water partition coefficient (Wildman–Crippen LogP) is 3.65. The molecule has 0 fully saturated rings. The fourth-order valence-electron chi connectivity index (χ4n) is 2.00. The van der Waals surface area contributed by atoms with Crippen molar-refractivity contribution in [1.82, 2.24) is 0 Å². The van der Waals surface area contributed by atoms with Crippen molar-refractivity contribution in [2.24, 2.45) is 5.73 Å². The van der Waals surface area contributed by atoms with Gasteiger partial charge in [0.25, 0.3) is 0 Å². The summed E-state index contributed by atoms with van der Waals surface area (Å²) in [6, 6.07) is 10.7. The molecule has 96 valence electrons. The van der Waals surface area contributed by atoms with Gasteiger partial charge in [0.2, 0.25) is 0 Å². The number of halogens is 1. The van der Waals surface area contributed by atoms with Gasteiger partial charge in [-0.15, -0.1) is 11.3 Å². The van der Waals surface area contributed by atoms with E-state index in [1.165, 1.54) is 16.1 Å². The lowest BCUT2D eigenvalue weighted by Gasteiger charge is -2.22. The van der Waals surface area contributed by atoms with E-state index in [9.17, 15) is 0 Å². The van der Waals surface area contributed by atoms with E-state index in [1.807, 2.05) is 0 Å². The van der Waals surface area contributed by atoms with Gasteiger partial charge in [-0.1, -0.05) is 22.0 Å². The Morgan fingerprint density at radius 3 is 2.83 bits per heavy atom. The second kappa shape index (κ2) is 6.36. The molecule has 0 aliphatic heterocycles. The Balaban J connectivity index is 2.20. The van der Waals surface area contributed by atoms with Crippen LogP contribution in [0.2, 0.25) is 0 Å². The number of hydrogen-bond donors (Lipinski definition) is 1. The van der Waals surface area contributed by atoms with E-state index in [0.717, 1.165) is 17.4 Å². The van der Waals surface area contributed by atoms with Gasteiger partial charge in [0.1, 0.15) is 0 Å². The quantitative estimate of drug-likeness (QED) is 0.909. The minimum absolute atomic E-state index is 0.677. The molecule has 0 amide bonds. The van der Waals surface area contributed by atoms with Gasteiger partial charge in [0.15, 0.2) is 0 Å². The third kappa shape index (κ3) is 3.34. The minimum Gasteiger partial charge on any atom is -0.369 e. The van der Waals surface area contributed by atoms with Gasteiger partial charge in [-0.2, -0.15) is 0 Å². The second-order valence-electron chi connectivity index (χ2n) is 4.25. The average molecular weight is 325 g/mol. The zero-order valence-corrected chi connectivity index (χ0v) is 12.8. The zero-order chi connectivity index (χ0) is 13.0. The number of nitrogens with zero attached hydrogens (tertiary/aromatic N) is 1. The normalized spacial score (nSPS) is 10.6. The van der Waals surface area contributed by atoms with Crippen LogP contribution in [-0.2, 0) is 13.0 Å². The number of rotatable bonds is 5. The molecular formula is C14H17BrN2S. The molecule has 2 N–H and O–H groups in total. The topological polar surface area (TPSA) is 29.3 Å². The highest BCUT2D eigenvalue weighted by molar-refractivity contribution is 9.10. The van der Waals surface area contributed by atoms with E-state index in [0.29, 0.717) is 6.54 Å². The van der Waals surface area contributed by atoms with Gasteiger partial charge in [0, 0.05) is 22.1 Å². The molecule has 0 unspecified atom stereocenters. The van der Waals surface area contributed by atoms with Crippen LogP contribution < -0.4 is 10.6 Å². The highest BCUT2D eigenvalue weighted by atomic mass is 79.9. The van der Waals surface area contributed by atoms with Gasteiger partial charge >= 0.3 is 0 Å². The lowest BCUT2D eigenvalue weighted by molar-refractivity contribution is 0.902. The van der Waals surface area contributed by atoms with Crippen LogP contribution in [-0.4, -0.2) is 13.6 Å². The highest BCUT2D eigenvalue weighted by Gasteiger charge is 2.08. The molecule has 1 aromatic carbocycles. The fraction of sp³-hybridized carbons (Fsp3) is 0.286. The predicted molar refractivity (Wildman–Crippen MR) is 83.3 cm³/mol. The fourth-order valence-corrected chi connectivity index (χ4v) is 3.17. The Morgan fingerprint density at radius 1 is 1.33 bits per heavy atom. The summed E-state index contributed by atoms with van der Waals surface area (Å²) >= 11 is 5.31. The molecule has 4 heteroatoms. The average Bonchev–Trinajstić information content (AvgIpc) is 2.82. The van der Waals surface area contributed by atoms with Crippen molar-refractivity contribution in [3.05, 3.63) is 50.6 Å². The molecule has 0 radical (unpaired) electrons. The molecule has 0 saturated carbocycles. The molecular weight excluding hydrogens is 308 g/mol. The Hall–Kier alpha value is -0.840. The molecule has 2 aromatic rings. The van der Waals surface area contributed by atoms with Crippen LogP contribution in [0.25, 0.3) is 0 Å². The van der Waals surface area contributed by atoms with Gasteiger partial charge < -0.3 is 10.6 Å². The van der Waals surface area contributed by atoms with Gasteiger partial charge in [-0.3, -0.25) is 0 Å². The first-order valence-corrected chi connectivity index (χ1v) is 7.60. The van der Waals surface area contributed by atoms with E-state index < -0.39 is 0 Å². The summed E-state index contributed by atoms with van der Waals surface area (Å²) in [5, 5.41) is 2.12.